The fourth-order valence-electron chi connectivity index (χ4n) is 2.90. The Morgan fingerprint density at radius 2 is 1.49 bits per heavy atom. The van der Waals surface area contributed by atoms with Gasteiger partial charge in [0.2, 0.25) is 23.6 Å². The van der Waals surface area contributed by atoms with Crippen LogP contribution in [-0.2, 0) is 30.4 Å². The van der Waals surface area contributed by atoms with Gasteiger partial charge in [-0.15, -0.1) is 0 Å². The van der Waals surface area contributed by atoms with Crippen LogP contribution in [0.15, 0.2) is 24.3 Å². The van der Waals surface area contributed by atoms with E-state index in [1.54, 1.807) is 6.26 Å². The largest absolute Gasteiger partial charge is 0.508 e. The van der Waals surface area contributed by atoms with Crippen LogP contribution in [0.1, 0.15) is 18.4 Å². The van der Waals surface area contributed by atoms with Gasteiger partial charge in [-0.2, -0.15) is 11.8 Å². The molecule has 194 valence electrons. The van der Waals surface area contributed by atoms with Crippen molar-refractivity contribution in [2.24, 2.45) is 11.5 Å². The topological polar surface area (TPSA) is 234 Å². The summed E-state index contributed by atoms with van der Waals surface area (Å²) in [6.45, 7) is -0.840. The molecule has 0 bridgehead atoms. The first-order valence-electron chi connectivity index (χ1n) is 10.5. The molecule has 0 saturated heterocycles. The van der Waals surface area contributed by atoms with Crippen LogP contribution >= 0.6 is 11.8 Å². The molecule has 1 aromatic carbocycles. The Kier molecular flexibility index (Phi) is 12.6. The minimum atomic E-state index is -1.50. The van der Waals surface area contributed by atoms with Crippen molar-refractivity contribution in [1.82, 2.24) is 16.0 Å². The highest BCUT2D eigenvalue weighted by atomic mass is 32.2. The quantitative estimate of drug-likeness (QED) is 0.122. The number of primary amides is 1. The van der Waals surface area contributed by atoms with E-state index in [9.17, 15) is 39.3 Å². The molecule has 4 unspecified atom stereocenters. The van der Waals surface area contributed by atoms with Gasteiger partial charge in [0, 0.05) is 6.42 Å². The highest BCUT2D eigenvalue weighted by Gasteiger charge is 2.30. The number of aliphatic hydroxyl groups excluding tert-OH is 1. The maximum absolute atomic E-state index is 12.9. The van der Waals surface area contributed by atoms with Crippen LogP contribution < -0.4 is 27.4 Å². The smallest absolute Gasteiger partial charge is 0.326 e. The third-order valence-corrected chi connectivity index (χ3v) is 5.45. The second-order valence-electron chi connectivity index (χ2n) is 7.63. The zero-order valence-electron chi connectivity index (χ0n) is 19.1. The van der Waals surface area contributed by atoms with Gasteiger partial charge in [-0.1, -0.05) is 12.1 Å². The summed E-state index contributed by atoms with van der Waals surface area (Å²) in [4.78, 5) is 60.3. The number of aromatic hydroxyl groups is 1. The van der Waals surface area contributed by atoms with Crippen LogP contribution in [0, 0.1) is 0 Å². The van der Waals surface area contributed by atoms with Crippen LogP contribution in [0.5, 0.6) is 5.75 Å². The Morgan fingerprint density at radius 3 is 2.00 bits per heavy atom. The predicted octanol–water partition coefficient (Wildman–Crippen LogP) is -2.58. The van der Waals surface area contributed by atoms with Crippen molar-refractivity contribution in [3.63, 3.8) is 0 Å². The van der Waals surface area contributed by atoms with Crippen LogP contribution in [0.4, 0.5) is 0 Å². The fourth-order valence-corrected chi connectivity index (χ4v) is 3.37. The highest BCUT2D eigenvalue weighted by molar-refractivity contribution is 7.98. The first-order valence-corrected chi connectivity index (χ1v) is 11.9. The van der Waals surface area contributed by atoms with Crippen LogP contribution in [0.2, 0.25) is 0 Å². The first-order chi connectivity index (χ1) is 16.5. The molecule has 0 radical (unpaired) electrons. The minimum Gasteiger partial charge on any atom is -0.508 e. The molecule has 0 heterocycles. The molecule has 0 spiro atoms. The highest BCUT2D eigenvalue weighted by Crippen LogP contribution is 2.12. The Bertz CT molecular complexity index is 898. The van der Waals surface area contributed by atoms with Gasteiger partial charge >= 0.3 is 5.97 Å². The van der Waals surface area contributed by atoms with Crippen molar-refractivity contribution >= 4 is 41.4 Å². The molecule has 0 aliphatic heterocycles. The Morgan fingerprint density at radius 1 is 0.943 bits per heavy atom. The number of benzene rings is 1. The number of hydrogen-bond acceptors (Lipinski definition) is 9. The van der Waals surface area contributed by atoms with E-state index in [2.05, 4.69) is 16.0 Å². The number of amides is 4. The van der Waals surface area contributed by atoms with Crippen molar-refractivity contribution in [2.75, 3.05) is 18.6 Å². The van der Waals surface area contributed by atoms with E-state index in [-0.39, 0.29) is 18.6 Å². The molecule has 1 aromatic rings. The normalized spacial score (nSPS) is 14.1. The van der Waals surface area contributed by atoms with E-state index in [0.29, 0.717) is 11.3 Å². The Hall–Kier alpha value is -3.36. The number of thioether (sulfide) groups is 1. The number of carbonyl (C=O) groups is 5. The van der Waals surface area contributed by atoms with E-state index >= 15 is 0 Å². The van der Waals surface area contributed by atoms with Gasteiger partial charge in [0.05, 0.1) is 19.1 Å². The summed E-state index contributed by atoms with van der Waals surface area (Å²) in [6.07, 6.45) is 1.35. The second-order valence-corrected chi connectivity index (χ2v) is 8.62. The Labute approximate surface area is 206 Å². The molecule has 10 N–H and O–H groups in total. The molecule has 0 aliphatic carbocycles. The number of phenols is 1. The summed E-state index contributed by atoms with van der Waals surface area (Å²) < 4.78 is 0. The molecule has 0 aliphatic rings. The number of hydrogen-bond donors (Lipinski definition) is 8. The summed E-state index contributed by atoms with van der Waals surface area (Å²) in [5, 5.41) is 35.3. The average molecular weight is 514 g/mol. The number of carboxylic acid groups (broad SMARTS) is 1. The van der Waals surface area contributed by atoms with Crippen molar-refractivity contribution in [3.05, 3.63) is 29.8 Å². The number of carboxylic acids is 1. The number of aliphatic carboxylic acids is 1. The van der Waals surface area contributed by atoms with Gasteiger partial charge < -0.3 is 42.7 Å². The Balaban J connectivity index is 3.00. The minimum absolute atomic E-state index is 0.0197. The molecule has 0 aromatic heterocycles. The van der Waals surface area contributed by atoms with Gasteiger partial charge in [-0.25, -0.2) is 4.79 Å². The van der Waals surface area contributed by atoms with Gasteiger partial charge in [-0.05, 0) is 36.1 Å². The molecule has 0 fully saturated rings. The van der Waals surface area contributed by atoms with E-state index < -0.39 is 66.8 Å². The molecular formula is C21H31N5O8S. The number of nitrogens with two attached hydrogens (primary N) is 2. The van der Waals surface area contributed by atoms with Crippen molar-refractivity contribution in [2.45, 2.75) is 43.4 Å². The lowest BCUT2D eigenvalue weighted by molar-refractivity contribution is -0.142. The predicted molar refractivity (Wildman–Crippen MR) is 127 cm³/mol. The summed E-state index contributed by atoms with van der Waals surface area (Å²) in [5.41, 5.74) is 11.2. The molecule has 14 heteroatoms. The van der Waals surface area contributed by atoms with E-state index in [1.807, 2.05) is 0 Å². The van der Waals surface area contributed by atoms with Gasteiger partial charge in [0.15, 0.2) is 0 Å². The van der Waals surface area contributed by atoms with Gasteiger partial charge in [0.25, 0.3) is 0 Å². The molecule has 1 rings (SSSR count). The standard InChI is InChI=1S/C21H31N5O8S/c1-35-7-6-14(21(33)34)24-20(32)16(10-27)26-19(31)15(8-11-2-4-12(28)5-3-11)25-18(30)13(22)9-17(23)29/h2-5,13-16,27-28H,6-10,22H2,1H3,(H2,23,29)(H,24,32)(H,25,30)(H,26,31)(H,33,34). The number of rotatable bonds is 15. The zero-order chi connectivity index (χ0) is 26.5. The number of phenolic OH excluding ortho intramolecular Hbond substituents is 1. The van der Waals surface area contributed by atoms with Crippen LogP contribution in [-0.4, -0.2) is 87.7 Å². The summed E-state index contributed by atoms with van der Waals surface area (Å²) in [5.74, 6) is -4.29. The first kappa shape index (κ1) is 29.7. The second kappa shape index (κ2) is 14.8. The summed E-state index contributed by atoms with van der Waals surface area (Å²) in [6, 6.07) is 0.407. The molecule has 4 amide bonds. The zero-order valence-corrected chi connectivity index (χ0v) is 19.9. The number of nitrogens with one attached hydrogen (secondary N) is 3. The molecule has 35 heavy (non-hydrogen) atoms. The molecule has 0 saturated carbocycles. The van der Waals surface area contributed by atoms with Crippen molar-refractivity contribution in [1.29, 1.82) is 0 Å². The molecular weight excluding hydrogens is 482 g/mol. The van der Waals surface area contributed by atoms with E-state index in [1.165, 1.54) is 36.0 Å². The SMILES string of the molecule is CSCCC(NC(=O)C(CO)NC(=O)C(Cc1ccc(O)cc1)NC(=O)C(N)CC(N)=O)C(=O)O. The monoisotopic (exact) mass is 513 g/mol. The van der Waals surface area contributed by atoms with Crippen LogP contribution in [0.25, 0.3) is 0 Å². The van der Waals surface area contributed by atoms with Gasteiger partial charge in [0.1, 0.15) is 23.9 Å². The fraction of sp³-hybridized carbons (Fsp3) is 0.476. The number of aliphatic hydroxyl groups is 1. The molecule has 4 atom stereocenters. The van der Waals surface area contributed by atoms with Crippen molar-refractivity contribution < 1.29 is 39.3 Å². The van der Waals surface area contributed by atoms with Crippen molar-refractivity contribution in [3.8, 4) is 5.75 Å². The maximum Gasteiger partial charge on any atom is 0.326 e. The van der Waals surface area contributed by atoms with Gasteiger partial charge in [-0.3, -0.25) is 19.2 Å². The maximum atomic E-state index is 12.9. The van der Waals surface area contributed by atoms with E-state index in [0.717, 1.165) is 0 Å². The summed E-state index contributed by atoms with van der Waals surface area (Å²) >= 11 is 1.39. The lowest BCUT2D eigenvalue weighted by Crippen LogP contribution is -2.58. The lowest BCUT2D eigenvalue weighted by Gasteiger charge is -2.24. The third-order valence-electron chi connectivity index (χ3n) is 4.81. The summed E-state index contributed by atoms with van der Waals surface area (Å²) in [7, 11) is 0. The van der Waals surface area contributed by atoms with E-state index in [4.69, 9.17) is 11.5 Å². The lowest BCUT2D eigenvalue weighted by atomic mass is 10.0. The molecule has 13 nitrogen and oxygen atoms in total. The van der Waals surface area contributed by atoms with Crippen LogP contribution in [0.3, 0.4) is 0 Å². The third kappa shape index (κ3) is 10.6. The number of carbonyl (C=O) groups excluding carboxylic acids is 4. The average Bonchev–Trinajstić information content (AvgIpc) is 2.79.